The number of sulfonamides is 1. The van der Waals surface area contributed by atoms with Crippen LogP contribution in [0.5, 0.6) is 11.6 Å². The number of rotatable bonds is 9. The van der Waals surface area contributed by atoms with E-state index in [2.05, 4.69) is 20.3 Å². The van der Waals surface area contributed by atoms with Crippen molar-refractivity contribution in [3.63, 3.8) is 0 Å². The average molecular weight is 802 g/mol. The first-order chi connectivity index (χ1) is 26.4. The maximum atomic E-state index is 14.9. The Morgan fingerprint density at radius 2 is 1.88 bits per heavy atom. The minimum absolute atomic E-state index is 0.0308. The van der Waals surface area contributed by atoms with Crippen LogP contribution in [0.3, 0.4) is 0 Å². The smallest absolute Gasteiger partial charge is 0.408 e. The van der Waals surface area contributed by atoms with Crippen molar-refractivity contribution in [2.45, 2.75) is 107 Å². The number of halogens is 1. The molecule has 0 spiro atoms. The van der Waals surface area contributed by atoms with E-state index in [1.165, 1.54) is 37.4 Å². The zero-order valence-electron chi connectivity index (χ0n) is 32.6. The second-order valence-electron chi connectivity index (χ2n) is 16.4. The molecule has 1 aromatic heterocycles. The molecule has 1 saturated heterocycles. The number of fused-ring (bicyclic) bond motifs is 3. The summed E-state index contributed by atoms with van der Waals surface area (Å²) in [7, 11) is -1.08. The molecule has 0 unspecified atom stereocenters. The molecule has 306 valence electrons. The zero-order chi connectivity index (χ0) is 40.6. The molecule has 2 aliphatic heterocycles. The molecule has 3 heterocycles. The Morgan fingerprint density at radius 1 is 1.12 bits per heavy atom. The maximum absolute atomic E-state index is 14.9. The molecular weight excluding hydrogens is 750 g/mol. The standard InChI is InChI=1S/C39H52FN5O10S/c1-22-9-7-8-10-25-19-39(25,36(48)44-56(50,51)27-11-12-27)43-33(46)30-17-26(54-34-28-18-29(40)31(53-6)16-23(28)13-14-41-34)20-45(30)35(47)32(24(15-22)21-52-5)42-37(49)55-38(2,3)4/h8,10,13-14,16,18,22,24-27,30,32H,7,9,11-12,15,17,19-21H2,1-6H3,(H,42,49)(H,43,46)(H,44,48)/b10-8-/t22-,24-,25-,26+,30-,32-,39-/m0/s1. The van der Waals surface area contributed by atoms with Gasteiger partial charge in [0, 0.05) is 36.9 Å². The van der Waals surface area contributed by atoms with Crippen molar-refractivity contribution in [1.82, 2.24) is 25.2 Å². The topological polar surface area (TPSA) is 192 Å². The first kappa shape index (κ1) is 41.1. The largest absolute Gasteiger partial charge is 0.494 e. The van der Waals surface area contributed by atoms with E-state index in [4.69, 9.17) is 18.9 Å². The second-order valence-corrected chi connectivity index (χ2v) is 18.4. The van der Waals surface area contributed by atoms with Gasteiger partial charge in [-0.2, -0.15) is 0 Å². The molecule has 3 fully saturated rings. The van der Waals surface area contributed by atoms with Gasteiger partial charge in [0.1, 0.15) is 29.3 Å². The molecule has 2 saturated carbocycles. The highest BCUT2D eigenvalue weighted by molar-refractivity contribution is 7.91. The van der Waals surface area contributed by atoms with Crippen molar-refractivity contribution in [3.05, 3.63) is 42.4 Å². The number of carbonyl (C=O) groups is 4. The number of carbonyl (C=O) groups excluding carboxylic acids is 4. The highest BCUT2D eigenvalue weighted by atomic mass is 32.2. The number of amides is 4. The quantitative estimate of drug-likeness (QED) is 0.313. The van der Waals surface area contributed by atoms with Gasteiger partial charge in [0.15, 0.2) is 11.6 Å². The van der Waals surface area contributed by atoms with E-state index in [-0.39, 0.29) is 43.5 Å². The van der Waals surface area contributed by atoms with E-state index in [1.807, 2.05) is 19.1 Å². The first-order valence-corrected chi connectivity index (χ1v) is 20.6. The molecule has 7 atom stereocenters. The molecule has 4 amide bonds. The van der Waals surface area contributed by atoms with Crippen molar-refractivity contribution in [1.29, 1.82) is 0 Å². The molecule has 1 aromatic carbocycles. The number of nitrogens with zero attached hydrogens (tertiary/aromatic N) is 2. The van der Waals surface area contributed by atoms with Gasteiger partial charge < -0.3 is 34.5 Å². The normalized spacial score (nSPS) is 29.2. The molecule has 0 bridgehead atoms. The van der Waals surface area contributed by atoms with Gasteiger partial charge in [0.2, 0.25) is 27.7 Å². The van der Waals surface area contributed by atoms with E-state index in [0.29, 0.717) is 42.9 Å². The number of methoxy groups -OCH3 is 2. The number of hydrogen-bond donors (Lipinski definition) is 3. The predicted octanol–water partition coefficient (Wildman–Crippen LogP) is 3.75. The Bertz CT molecular complexity index is 1990. The summed E-state index contributed by atoms with van der Waals surface area (Å²) in [6.07, 6.45) is 6.32. The molecule has 2 aliphatic carbocycles. The molecule has 56 heavy (non-hydrogen) atoms. The van der Waals surface area contributed by atoms with Crippen molar-refractivity contribution in [3.8, 4) is 11.6 Å². The lowest BCUT2D eigenvalue weighted by Crippen LogP contribution is -2.59. The Labute approximate surface area is 326 Å². The molecule has 4 aliphatic rings. The van der Waals surface area contributed by atoms with Gasteiger partial charge in [0.25, 0.3) is 5.91 Å². The van der Waals surface area contributed by atoms with E-state index in [9.17, 15) is 32.0 Å². The van der Waals surface area contributed by atoms with Crippen LogP contribution in [0.25, 0.3) is 10.8 Å². The number of aromatic nitrogens is 1. The Balaban J connectivity index is 1.38. The summed E-state index contributed by atoms with van der Waals surface area (Å²) in [5.41, 5.74) is -2.45. The summed E-state index contributed by atoms with van der Waals surface area (Å²) in [4.78, 5) is 62.2. The van der Waals surface area contributed by atoms with Crippen LogP contribution in [0.4, 0.5) is 9.18 Å². The number of ether oxygens (including phenoxy) is 4. The van der Waals surface area contributed by atoms with Gasteiger partial charge in [-0.1, -0.05) is 19.1 Å². The number of nitrogens with one attached hydrogen (secondary N) is 3. The van der Waals surface area contributed by atoms with Crippen LogP contribution in [0.1, 0.15) is 72.6 Å². The monoisotopic (exact) mass is 801 g/mol. The van der Waals surface area contributed by atoms with Gasteiger partial charge in [-0.05, 0) is 88.8 Å². The minimum atomic E-state index is -3.94. The average Bonchev–Trinajstić information content (AvgIpc) is 4.04. The van der Waals surface area contributed by atoms with Crippen LogP contribution in [0, 0.1) is 23.6 Å². The summed E-state index contributed by atoms with van der Waals surface area (Å²) in [6, 6.07) is 1.97. The molecule has 17 heteroatoms. The van der Waals surface area contributed by atoms with Gasteiger partial charge in [-0.3, -0.25) is 19.1 Å². The summed E-state index contributed by atoms with van der Waals surface area (Å²) < 4.78 is 65.5. The van der Waals surface area contributed by atoms with Gasteiger partial charge in [-0.25, -0.2) is 22.6 Å². The van der Waals surface area contributed by atoms with Crippen LogP contribution >= 0.6 is 0 Å². The fraction of sp³-hybridized carbons (Fsp3) is 0.615. The molecule has 2 aromatic rings. The van der Waals surface area contributed by atoms with E-state index >= 15 is 0 Å². The predicted molar refractivity (Wildman–Crippen MR) is 203 cm³/mol. The minimum Gasteiger partial charge on any atom is -0.494 e. The lowest BCUT2D eigenvalue weighted by molar-refractivity contribution is -0.142. The SMILES string of the molecule is COC[C@@H]1C[C@@H](C)CC/C=C\[C@H]2C[C@]2(C(=O)NS(=O)(=O)C2CC2)NC(=O)[C@@H]2C[C@@H](Oc3nccc4cc(OC)c(F)cc34)CN2C(=O)[C@H]1NC(=O)OC(C)(C)C. The summed E-state index contributed by atoms with van der Waals surface area (Å²) in [5.74, 6) is -3.67. The number of allylic oxidation sites excluding steroid dienone is 1. The maximum Gasteiger partial charge on any atom is 0.408 e. The van der Waals surface area contributed by atoms with Gasteiger partial charge >= 0.3 is 6.09 Å². The highest BCUT2D eigenvalue weighted by Crippen LogP contribution is 2.46. The lowest BCUT2D eigenvalue weighted by Gasteiger charge is -2.34. The van der Waals surface area contributed by atoms with Crippen LogP contribution in [0.2, 0.25) is 0 Å². The molecule has 6 rings (SSSR count). The summed E-state index contributed by atoms with van der Waals surface area (Å²) in [5, 5.41) is 5.87. The van der Waals surface area contributed by atoms with Crippen LogP contribution in [-0.4, -0.2) is 104 Å². The van der Waals surface area contributed by atoms with Crippen molar-refractivity contribution >= 4 is 44.6 Å². The fourth-order valence-electron chi connectivity index (χ4n) is 7.68. The molecular formula is C39H52FN5O10S. The Kier molecular flexibility index (Phi) is 11.9. The second kappa shape index (κ2) is 16.2. The number of hydrogen-bond acceptors (Lipinski definition) is 11. The van der Waals surface area contributed by atoms with Gasteiger partial charge in [0.05, 0.1) is 25.5 Å². The number of pyridine rings is 1. The third kappa shape index (κ3) is 9.20. The van der Waals surface area contributed by atoms with Crippen molar-refractivity contribution < 1.29 is 50.9 Å². The molecule has 15 nitrogen and oxygen atoms in total. The van der Waals surface area contributed by atoms with Gasteiger partial charge in [-0.15, -0.1) is 0 Å². The van der Waals surface area contributed by atoms with Crippen LogP contribution in [-0.2, 0) is 33.9 Å². The Hall–Kier alpha value is -4.51. The third-order valence-electron chi connectivity index (χ3n) is 10.8. The zero-order valence-corrected chi connectivity index (χ0v) is 33.4. The Morgan fingerprint density at radius 3 is 2.55 bits per heavy atom. The van der Waals surface area contributed by atoms with Crippen molar-refractivity contribution in [2.75, 3.05) is 27.4 Å². The van der Waals surface area contributed by atoms with E-state index in [1.54, 1.807) is 26.8 Å². The number of alkyl carbamates (subject to hydrolysis) is 1. The first-order valence-electron chi connectivity index (χ1n) is 19.1. The van der Waals surface area contributed by atoms with Crippen LogP contribution < -0.4 is 24.8 Å². The number of benzene rings is 1. The lowest BCUT2D eigenvalue weighted by atomic mass is 9.87. The summed E-state index contributed by atoms with van der Waals surface area (Å²) >= 11 is 0. The fourth-order valence-corrected chi connectivity index (χ4v) is 9.05. The third-order valence-corrected chi connectivity index (χ3v) is 12.6. The molecule has 0 radical (unpaired) electrons. The highest BCUT2D eigenvalue weighted by Gasteiger charge is 2.62. The molecule has 3 N–H and O–H groups in total. The van der Waals surface area contributed by atoms with E-state index in [0.717, 1.165) is 0 Å². The van der Waals surface area contributed by atoms with E-state index < -0.39 is 86.1 Å². The summed E-state index contributed by atoms with van der Waals surface area (Å²) in [6.45, 7) is 7.09. The van der Waals surface area contributed by atoms with Crippen LogP contribution in [0.15, 0.2) is 36.5 Å². The van der Waals surface area contributed by atoms with Crippen molar-refractivity contribution in [2.24, 2.45) is 17.8 Å².